The highest BCUT2D eigenvalue weighted by Gasteiger charge is 2.36. The summed E-state index contributed by atoms with van der Waals surface area (Å²) >= 11 is 0. The van der Waals surface area contributed by atoms with Gasteiger partial charge in [-0.25, -0.2) is 0 Å². The number of halogens is 3. The van der Waals surface area contributed by atoms with Gasteiger partial charge in [-0.3, -0.25) is 9.88 Å². The molecule has 6 heteroatoms. The van der Waals surface area contributed by atoms with Crippen molar-refractivity contribution < 1.29 is 13.2 Å². The third kappa shape index (κ3) is 2.29. The van der Waals surface area contributed by atoms with Gasteiger partial charge in [-0.2, -0.15) is 13.2 Å². The molecule has 2 bridgehead atoms. The van der Waals surface area contributed by atoms with Crippen LogP contribution in [0.15, 0.2) is 12.3 Å². The monoisotopic (exact) mass is 271 g/mol. The minimum atomic E-state index is -4.33. The maximum Gasteiger partial charge on any atom is 0.417 e. The van der Waals surface area contributed by atoms with Gasteiger partial charge in [-0.15, -0.1) is 0 Å². The second-order valence-electron chi connectivity index (χ2n) is 5.26. The minimum Gasteiger partial charge on any atom is -0.364 e. The molecule has 2 atom stereocenters. The number of anilines is 1. The zero-order valence-electron chi connectivity index (χ0n) is 10.7. The number of rotatable bonds is 1. The summed E-state index contributed by atoms with van der Waals surface area (Å²) in [6.45, 7) is 5.49. The van der Waals surface area contributed by atoms with E-state index in [2.05, 4.69) is 14.8 Å². The summed E-state index contributed by atoms with van der Waals surface area (Å²) in [5.41, 5.74) is 0.656. The minimum absolute atomic E-state index is 0.331. The van der Waals surface area contributed by atoms with Crippen LogP contribution in [-0.4, -0.2) is 42.1 Å². The van der Waals surface area contributed by atoms with Crippen LogP contribution in [0.1, 0.15) is 17.7 Å². The second-order valence-corrected chi connectivity index (χ2v) is 5.26. The molecular formula is C13H16F3N3. The first-order valence-corrected chi connectivity index (χ1v) is 6.48. The van der Waals surface area contributed by atoms with Crippen LogP contribution < -0.4 is 4.90 Å². The summed E-state index contributed by atoms with van der Waals surface area (Å²) in [5, 5.41) is 0. The molecule has 2 unspecified atom stereocenters. The topological polar surface area (TPSA) is 19.4 Å². The van der Waals surface area contributed by atoms with Crippen molar-refractivity contribution in [3.8, 4) is 0 Å². The van der Waals surface area contributed by atoms with E-state index in [4.69, 9.17) is 0 Å². The maximum atomic E-state index is 12.8. The number of hydrogen-bond donors (Lipinski definition) is 0. The Morgan fingerprint density at radius 3 is 2.79 bits per heavy atom. The molecule has 2 fully saturated rings. The van der Waals surface area contributed by atoms with Crippen molar-refractivity contribution in [2.75, 3.05) is 31.1 Å². The molecule has 2 saturated heterocycles. The molecule has 0 N–H and O–H groups in total. The Kier molecular flexibility index (Phi) is 2.92. The van der Waals surface area contributed by atoms with E-state index >= 15 is 0 Å². The van der Waals surface area contributed by atoms with Gasteiger partial charge in [0.25, 0.3) is 0 Å². The summed E-state index contributed by atoms with van der Waals surface area (Å²) < 4.78 is 38.4. The Morgan fingerprint density at radius 1 is 1.26 bits per heavy atom. The van der Waals surface area contributed by atoms with Crippen LogP contribution in [0, 0.1) is 6.92 Å². The van der Waals surface area contributed by atoms with Gasteiger partial charge in [0.15, 0.2) is 0 Å². The lowest BCUT2D eigenvalue weighted by Crippen LogP contribution is -2.47. The van der Waals surface area contributed by atoms with Crippen molar-refractivity contribution in [3.63, 3.8) is 0 Å². The van der Waals surface area contributed by atoms with Crippen molar-refractivity contribution in [2.24, 2.45) is 0 Å². The number of nitrogens with zero attached hydrogens (tertiary/aromatic N) is 3. The number of fused-ring (bicyclic) bond motifs is 2. The van der Waals surface area contributed by atoms with E-state index < -0.39 is 11.7 Å². The molecule has 2 aliphatic rings. The molecule has 3 rings (SSSR count). The van der Waals surface area contributed by atoms with Crippen LogP contribution >= 0.6 is 0 Å². The van der Waals surface area contributed by atoms with Crippen LogP contribution in [0.2, 0.25) is 0 Å². The molecule has 0 amide bonds. The molecule has 0 aliphatic carbocycles. The predicted molar refractivity (Wildman–Crippen MR) is 66.2 cm³/mol. The van der Waals surface area contributed by atoms with E-state index in [1.54, 1.807) is 6.92 Å². The Balaban J connectivity index is 1.95. The highest BCUT2D eigenvalue weighted by molar-refractivity contribution is 5.54. The fraction of sp³-hybridized carbons (Fsp3) is 0.615. The zero-order chi connectivity index (χ0) is 13.6. The molecule has 104 valence electrons. The van der Waals surface area contributed by atoms with Crippen LogP contribution in [0.3, 0.4) is 0 Å². The first kappa shape index (κ1) is 12.7. The molecule has 0 radical (unpaired) electrons. The lowest BCUT2D eigenvalue weighted by molar-refractivity contribution is -0.137. The molecule has 3 nitrogen and oxygen atoms in total. The van der Waals surface area contributed by atoms with Crippen LogP contribution in [-0.2, 0) is 6.18 Å². The number of aromatic nitrogens is 1. The molecule has 1 aromatic heterocycles. The molecule has 0 spiro atoms. The summed E-state index contributed by atoms with van der Waals surface area (Å²) in [4.78, 5) is 8.38. The van der Waals surface area contributed by atoms with Crippen molar-refractivity contribution in [3.05, 3.63) is 23.5 Å². The highest BCUT2D eigenvalue weighted by atomic mass is 19.4. The van der Waals surface area contributed by atoms with Crippen LogP contribution in [0.5, 0.6) is 0 Å². The van der Waals surface area contributed by atoms with Gasteiger partial charge in [0.05, 0.1) is 16.9 Å². The van der Waals surface area contributed by atoms with Gasteiger partial charge in [0.1, 0.15) is 0 Å². The van der Waals surface area contributed by atoms with Crippen molar-refractivity contribution in [1.82, 2.24) is 9.88 Å². The lowest BCUT2D eigenvalue weighted by Gasteiger charge is -2.37. The van der Waals surface area contributed by atoms with Crippen molar-refractivity contribution in [1.29, 1.82) is 0 Å². The number of aryl methyl sites for hydroxylation is 1. The summed E-state index contributed by atoms with van der Waals surface area (Å²) in [6, 6.07) is 1.58. The first-order valence-electron chi connectivity index (χ1n) is 6.48. The molecule has 0 aromatic carbocycles. The average Bonchev–Trinajstić information content (AvgIpc) is 2.71. The van der Waals surface area contributed by atoms with E-state index in [0.717, 1.165) is 38.8 Å². The molecule has 0 saturated carbocycles. The normalized spacial score (nSPS) is 26.8. The number of piperazine rings is 1. The fourth-order valence-electron chi connectivity index (χ4n) is 2.99. The summed E-state index contributed by atoms with van der Waals surface area (Å²) in [6.07, 6.45) is -2.38. The lowest BCUT2D eigenvalue weighted by atomic mass is 10.1. The van der Waals surface area contributed by atoms with E-state index in [9.17, 15) is 13.2 Å². The zero-order valence-corrected chi connectivity index (χ0v) is 10.7. The second kappa shape index (κ2) is 4.37. The van der Waals surface area contributed by atoms with E-state index in [-0.39, 0.29) is 0 Å². The highest BCUT2D eigenvalue weighted by Crippen LogP contribution is 2.34. The van der Waals surface area contributed by atoms with Gasteiger partial charge in [0.2, 0.25) is 0 Å². The molecule has 2 aliphatic heterocycles. The van der Waals surface area contributed by atoms with Gasteiger partial charge in [-0.1, -0.05) is 0 Å². The molecule has 1 aromatic rings. The Labute approximate surface area is 110 Å². The van der Waals surface area contributed by atoms with Gasteiger partial charge < -0.3 is 4.90 Å². The summed E-state index contributed by atoms with van der Waals surface area (Å²) in [7, 11) is 0. The maximum absolute atomic E-state index is 12.8. The van der Waals surface area contributed by atoms with E-state index in [1.807, 2.05) is 0 Å². The van der Waals surface area contributed by atoms with Crippen molar-refractivity contribution >= 4 is 5.69 Å². The average molecular weight is 271 g/mol. The van der Waals surface area contributed by atoms with Crippen LogP contribution in [0.25, 0.3) is 0 Å². The number of pyridine rings is 1. The quantitative estimate of drug-likeness (QED) is 0.781. The number of alkyl halides is 3. The SMILES string of the molecule is Cc1ncc(C(F)(F)F)cc1N1CCN2CCC1C2. The van der Waals surface area contributed by atoms with Crippen LogP contribution in [0.4, 0.5) is 18.9 Å². The third-order valence-electron chi connectivity index (χ3n) is 4.04. The molecule has 3 heterocycles. The van der Waals surface area contributed by atoms with Crippen molar-refractivity contribution in [2.45, 2.75) is 25.6 Å². The molecule has 19 heavy (non-hydrogen) atoms. The largest absolute Gasteiger partial charge is 0.417 e. The number of hydrogen-bond acceptors (Lipinski definition) is 3. The predicted octanol–water partition coefficient (Wildman–Crippen LogP) is 2.30. The third-order valence-corrected chi connectivity index (χ3v) is 4.04. The Hall–Kier alpha value is -1.30. The summed E-state index contributed by atoms with van der Waals surface area (Å²) in [5.74, 6) is 0. The first-order chi connectivity index (χ1) is 8.95. The fourth-order valence-corrected chi connectivity index (χ4v) is 2.99. The Morgan fingerprint density at radius 2 is 2.05 bits per heavy atom. The molecular weight excluding hydrogens is 255 g/mol. The van der Waals surface area contributed by atoms with E-state index in [0.29, 0.717) is 17.4 Å². The van der Waals surface area contributed by atoms with Gasteiger partial charge in [0, 0.05) is 38.4 Å². The van der Waals surface area contributed by atoms with Gasteiger partial charge in [-0.05, 0) is 19.4 Å². The van der Waals surface area contributed by atoms with E-state index in [1.165, 1.54) is 6.07 Å². The van der Waals surface area contributed by atoms with Gasteiger partial charge >= 0.3 is 6.18 Å². The smallest absolute Gasteiger partial charge is 0.364 e. The Bertz CT molecular complexity index is 487. The standard InChI is InChI=1S/C13H16F3N3/c1-9-12(6-10(7-17-9)13(14,15)16)19-5-4-18-3-2-11(19)8-18/h6-7,11H,2-5,8H2,1H3.